The Bertz CT molecular complexity index is 549. The van der Waals surface area contributed by atoms with Crippen LogP contribution in [0.15, 0.2) is 22.8 Å². The highest BCUT2D eigenvalue weighted by atomic mass is 79.9. The monoisotopic (exact) mass is 297 g/mol. The Labute approximate surface area is 109 Å². The van der Waals surface area contributed by atoms with Crippen molar-refractivity contribution in [3.63, 3.8) is 0 Å². The van der Waals surface area contributed by atoms with Crippen LogP contribution < -0.4 is 0 Å². The van der Waals surface area contributed by atoms with Gasteiger partial charge in [0.25, 0.3) is 0 Å². The zero-order chi connectivity index (χ0) is 11.9. The molecule has 3 heteroatoms. The second-order valence-corrected chi connectivity index (χ2v) is 5.48. The van der Waals surface area contributed by atoms with Crippen LogP contribution in [0.4, 0.5) is 0 Å². The summed E-state index contributed by atoms with van der Waals surface area (Å²) in [6.07, 6.45) is 0. The second kappa shape index (κ2) is 4.34. The second-order valence-electron chi connectivity index (χ2n) is 4.32. The topological polar surface area (TPSA) is 12.9 Å². The molecule has 0 unspecified atom stereocenters. The average Bonchev–Trinajstić information content (AvgIpc) is 2.19. The summed E-state index contributed by atoms with van der Waals surface area (Å²) in [4.78, 5) is 4.53. The summed E-state index contributed by atoms with van der Waals surface area (Å²) >= 11 is 9.59. The lowest BCUT2D eigenvalue weighted by Crippen LogP contribution is -1.93. The molecule has 0 amide bonds. The van der Waals surface area contributed by atoms with Gasteiger partial charge in [0.2, 0.25) is 0 Å². The van der Waals surface area contributed by atoms with Crippen molar-refractivity contribution in [2.24, 2.45) is 0 Å². The molecule has 0 spiro atoms. The third-order valence-corrected chi connectivity index (χ3v) is 3.74. The molecule has 0 fully saturated rings. The molecule has 0 aliphatic heterocycles. The van der Waals surface area contributed by atoms with Gasteiger partial charge in [0.05, 0.1) is 5.52 Å². The Hall–Kier alpha value is -0.600. The third-order valence-electron chi connectivity index (χ3n) is 2.70. The summed E-state index contributed by atoms with van der Waals surface area (Å²) in [6, 6.07) is 6.19. The maximum absolute atomic E-state index is 6.09. The van der Waals surface area contributed by atoms with E-state index in [2.05, 4.69) is 46.9 Å². The fraction of sp³-hybridized carbons (Fsp3) is 0.308. The van der Waals surface area contributed by atoms with Crippen LogP contribution in [0.1, 0.15) is 30.9 Å². The van der Waals surface area contributed by atoms with Crippen LogP contribution in [0.2, 0.25) is 5.02 Å². The molecule has 1 aromatic heterocycles. The molecule has 1 aromatic carbocycles. The molecule has 0 N–H and O–H groups in total. The molecule has 0 aliphatic carbocycles. The van der Waals surface area contributed by atoms with Gasteiger partial charge in [-0.15, -0.1) is 0 Å². The first-order valence-electron chi connectivity index (χ1n) is 5.25. The molecule has 0 saturated carbocycles. The summed E-state index contributed by atoms with van der Waals surface area (Å²) < 4.78 is 0.912. The molecule has 1 nitrogen and oxygen atoms in total. The Balaban J connectivity index is 2.74. The summed E-state index contributed by atoms with van der Waals surface area (Å²) in [5.41, 5.74) is 3.26. The Morgan fingerprint density at radius 1 is 1.25 bits per heavy atom. The molecule has 0 atom stereocenters. The highest BCUT2D eigenvalue weighted by molar-refractivity contribution is 9.10. The Morgan fingerprint density at radius 3 is 2.56 bits per heavy atom. The SMILES string of the molecule is Cc1cc2cc(C(C)C)c(Br)nc2cc1Cl. The number of pyridine rings is 1. The van der Waals surface area contributed by atoms with E-state index in [4.69, 9.17) is 11.6 Å². The van der Waals surface area contributed by atoms with Crippen LogP contribution in [0, 0.1) is 6.92 Å². The van der Waals surface area contributed by atoms with Crippen molar-refractivity contribution in [2.75, 3.05) is 0 Å². The van der Waals surface area contributed by atoms with E-state index in [1.807, 2.05) is 13.0 Å². The molecule has 2 rings (SSSR count). The number of halogens is 2. The van der Waals surface area contributed by atoms with Crippen molar-refractivity contribution in [1.82, 2.24) is 4.98 Å². The van der Waals surface area contributed by atoms with Crippen LogP contribution in [-0.2, 0) is 0 Å². The maximum Gasteiger partial charge on any atom is 0.110 e. The quantitative estimate of drug-likeness (QED) is 0.669. The summed E-state index contributed by atoms with van der Waals surface area (Å²) in [6.45, 7) is 6.34. The molecule has 0 saturated heterocycles. The van der Waals surface area contributed by atoms with Crippen molar-refractivity contribution < 1.29 is 0 Å². The van der Waals surface area contributed by atoms with Gasteiger partial charge in [-0.1, -0.05) is 25.4 Å². The fourth-order valence-electron chi connectivity index (χ4n) is 1.71. The van der Waals surface area contributed by atoms with Gasteiger partial charge in [-0.05, 0) is 58.1 Å². The van der Waals surface area contributed by atoms with E-state index in [0.29, 0.717) is 5.92 Å². The van der Waals surface area contributed by atoms with Gasteiger partial charge in [0.15, 0.2) is 0 Å². The third kappa shape index (κ3) is 2.09. The number of hydrogen-bond donors (Lipinski definition) is 0. The predicted octanol–water partition coefficient (Wildman–Crippen LogP) is 5.08. The van der Waals surface area contributed by atoms with Gasteiger partial charge < -0.3 is 0 Å². The van der Waals surface area contributed by atoms with E-state index in [1.54, 1.807) is 0 Å². The molecule has 2 aromatic rings. The van der Waals surface area contributed by atoms with E-state index >= 15 is 0 Å². The largest absolute Gasteiger partial charge is 0.241 e. The molecule has 16 heavy (non-hydrogen) atoms. The molecular weight excluding hydrogens is 286 g/mol. The lowest BCUT2D eigenvalue weighted by molar-refractivity contribution is 0.854. The van der Waals surface area contributed by atoms with E-state index in [0.717, 1.165) is 26.1 Å². The normalized spacial score (nSPS) is 11.4. The van der Waals surface area contributed by atoms with Crippen LogP contribution in [0.25, 0.3) is 10.9 Å². The van der Waals surface area contributed by atoms with Crippen molar-refractivity contribution in [1.29, 1.82) is 0 Å². The van der Waals surface area contributed by atoms with Gasteiger partial charge in [-0.3, -0.25) is 0 Å². The smallest absolute Gasteiger partial charge is 0.110 e. The van der Waals surface area contributed by atoms with Crippen molar-refractivity contribution in [2.45, 2.75) is 26.7 Å². The molecule has 0 bridgehead atoms. The highest BCUT2D eigenvalue weighted by Crippen LogP contribution is 2.29. The van der Waals surface area contributed by atoms with Gasteiger partial charge in [-0.2, -0.15) is 0 Å². The summed E-state index contributed by atoms with van der Waals surface area (Å²) in [5, 5.41) is 1.91. The lowest BCUT2D eigenvalue weighted by atomic mass is 10.0. The Kier molecular flexibility index (Phi) is 3.22. The minimum absolute atomic E-state index is 0.460. The van der Waals surface area contributed by atoms with E-state index in [9.17, 15) is 0 Å². The van der Waals surface area contributed by atoms with Crippen LogP contribution in [-0.4, -0.2) is 4.98 Å². The number of rotatable bonds is 1. The van der Waals surface area contributed by atoms with Gasteiger partial charge in [0.1, 0.15) is 4.60 Å². The molecule has 1 heterocycles. The van der Waals surface area contributed by atoms with E-state index in [1.165, 1.54) is 5.56 Å². The molecule has 84 valence electrons. The summed E-state index contributed by atoms with van der Waals surface area (Å²) in [5.74, 6) is 0.460. The van der Waals surface area contributed by atoms with Crippen LogP contribution >= 0.6 is 27.5 Å². The number of fused-ring (bicyclic) bond motifs is 1. The molecule has 0 radical (unpaired) electrons. The number of benzene rings is 1. The van der Waals surface area contributed by atoms with Crippen molar-refractivity contribution in [3.8, 4) is 0 Å². The van der Waals surface area contributed by atoms with Gasteiger partial charge in [0, 0.05) is 10.4 Å². The zero-order valence-corrected chi connectivity index (χ0v) is 11.9. The first kappa shape index (κ1) is 11.9. The lowest BCUT2D eigenvalue weighted by Gasteiger charge is -2.10. The number of aromatic nitrogens is 1. The van der Waals surface area contributed by atoms with Gasteiger partial charge >= 0.3 is 0 Å². The summed E-state index contributed by atoms with van der Waals surface area (Å²) in [7, 11) is 0. The first-order valence-corrected chi connectivity index (χ1v) is 6.42. The predicted molar refractivity (Wildman–Crippen MR) is 73.3 cm³/mol. The van der Waals surface area contributed by atoms with Crippen molar-refractivity contribution in [3.05, 3.63) is 39.0 Å². The fourth-order valence-corrected chi connectivity index (χ4v) is 2.63. The molecule has 0 aliphatic rings. The standard InChI is InChI=1S/C13H13BrClN/c1-7(2)10-5-9-4-8(3)11(15)6-12(9)16-13(10)14/h4-7H,1-3H3. The van der Waals surface area contributed by atoms with Crippen LogP contribution in [0.3, 0.4) is 0 Å². The highest BCUT2D eigenvalue weighted by Gasteiger charge is 2.09. The number of hydrogen-bond acceptors (Lipinski definition) is 1. The van der Waals surface area contributed by atoms with E-state index in [-0.39, 0.29) is 0 Å². The number of nitrogens with zero attached hydrogens (tertiary/aromatic N) is 1. The zero-order valence-electron chi connectivity index (χ0n) is 9.51. The molecular formula is C13H13BrClN. The van der Waals surface area contributed by atoms with Crippen molar-refractivity contribution >= 4 is 38.4 Å². The minimum Gasteiger partial charge on any atom is -0.241 e. The Morgan fingerprint density at radius 2 is 1.94 bits per heavy atom. The van der Waals surface area contributed by atoms with E-state index < -0.39 is 0 Å². The average molecular weight is 299 g/mol. The van der Waals surface area contributed by atoms with Crippen LogP contribution in [0.5, 0.6) is 0 Å². The first-order chi connectivity index (χ1) is 7.49. The van der Waals surface area contributed by atoms with Gasteiger partial charge in [-0.25, -0.2) is 4.98 Å². The minimum atomic E-state index is 0.460. The number of aryl methyl sites for hydroxylation is 1. The maximum atomic E-state index is 6.09.